The molecule has 0 spiro atoms. The van der Waals surface area contributed by atoms with Crippen LogP contribution in [0.15, 0.2) is 60.7 Å². The van der Waals surface area contributed by atoms with Crippen LogP contribution in [-0.2, 0) is 6.54 Å². The second-order valence-electron chi connectivity index (χ2n) is 2.99. The minimum absolute atomic E-state index is 0.640. The minimum Gasteiger partial charge on any atom is -0.326 e. The molecule has 0 saturated heterocycles. The van der Waals surface area contributed by atoms with E-state index in [1.807, 2.05) is 60.7 Å². The summed E-state index contributed by atoms with van der Waals surface area (Å²) >= 11 is 5.54. The van der Waals surface area contributed by atoms with Crippen LogP contribution in [0.5, 0.6) is 0 Å². The fraction of sp³-hybridized carbons (Fsp3) is 0.0769. The smallest absolute Gasteiger partial charge is 0.0405 e. The highest BCUT2D eigenvalue weighted by Gasteiger charge is 1.80. The Balaban J connectivity index is 0.000000151. The fourth-order valence-electron chi connectivity index (χ4n) is 1.03. The van der Waals surface area contributed by atoms with E-state index in [2.05, 4.69) is 0 Å². The van der Waals surface area contributed by atoms with E-state index in [-0.39, 0.29) is 0 Å². The van der Waals surface area contributed by atoms with Crippen molar-refractivity contribution in [1.29, 1.82) is 0 Å². The van der Waals surface area contributed by atoms with Gasteiger partial charge in [0.05, 0.1) is 0 Å². The fourth-order valence-corrected chi connectivity index (χ4v) is 1.17. The molecule has 1 nitrogen and oxygen atoms in total. The first-order valence-electron chi connectivity index (χ1n) is 4.77. The molecule has 0 radical (unpaired) electrons. The van der Waals surface area contributed by atoms with E-state index >= 15 is 0 Å². The lowest BCUT2D eigenvalue weighted by atomic mass is 10.2. The molecule has 0 saturated carbocycles. The molecule has 2 heteroatoms. The predicted molar refractivity (Wildman–Crippen MR) is 65.8 cm³/mol. The van der Waals surface area contributed by atoms with Gasteiger partial charge in [0, 0.05) is 11.6 Å². The molecule has 0 aliphatic carbocycles. The standard InChI is InChI=1S/C7H9N.C6H5Cl/c8-6-7-4-2-1-3-5-7;7-6-4-2-1-3-5-6/h1-5H,6,8H2;1-5H. The number of rotatable bonds is 1. The molecule has 78 valence electrons. The summed E-state index contributed by atoms with van der Waals surface area (Å²) in [4.78, 5) is 0. The maximum Gasteiger partial charge on any atom is 0.0405 e. The third-order valence-electron chi connectivity index (χ3n) is 1.81. The van der Waals surface area contributed by atoms with Gasteiger partial charge in [0.2, 0.25) is 0 Å². The first-order chi connectivity index (χ1) is 7.33. The van der Waals surface area contributed by atoms with E-state index in [9.17, 15) is 0 Å². The molecule has 0 aliphatic rings. The molecule has 0 heterocycles. The second-order valence-corrected chi connectivity index (χ2v) is 3.42. The molecule has 2 rings (SSSR count). The Morgan fingerprint density at radius 2 is 1.27 bits per heavy atom. The lowest BCUT2D eigenvalue weighted by Gasteiger charge is -1.90. The molecule has 2 N–H and O–H groups in total. The van der Waals surface area contributed by atoms with Crippen molar-refractivity contribution in [1.82, 2.24) is 0 Å². The van der Waals surface area contributed by atoms with Crippen molar-refractivity contribution in [3.63, 3.8) is 0 Å². The normalized spacial score (nSPS) is 8.93. The molecular formula is C13H14ClN. The molecule has 15 heavy (non-hydrogen) atoms. The Morgan fingerprint density at radius 1 is 0.800 bits per heavy atom. The van der Waals surface area contributed by atoms with Crippen LogP contribution in [0.1, 0.15) is 5.56 Å². The largest absolute Gasteiger partial charge is 0.326 e. The van der Waals surface area contributed by atoms with Crippen molar-refractivity contribution >= 4 is 11.6 Å². The quantitative estimate of drug-likeness (QED) is 0.781. The monoisotopic (exact) mass is 219 g/mol. The van der Waals surface area contributed by atoms with Crippen molar-refractivity contribution in [3.05, 3.63) is 71.2 Å². The van der Waals surface area contributed by atoms with E-state index in [4.69, 9.17) is 17.3 Å². The average Bonchev–Trinajstić information content (AvgIpc) is 2.32. The molecule has 0 aliphatic heterocycles. The van der Waals surface area contributed by atoms with Gasteiger partial charge >= 0.3 is 0 Å². The lowest BCUT2D eigenvalue weighted by Crippen LogP contribution is -1.94. The van der Waals surface area contributed by atoms with Crippen LogP contribution in [0, 0.1) is 0 Å². The lowest BCUT2D eigenvalue weighted by molar-refractivity contribution is 1.07. The number of hydrogen-bond acceptors (Lipinski definition) is 1. The summed E-state index contributed by atoms with van der Waals surface area (Å²) in [6.07, 6.45) is 0. The van der Waals surface area contributed by atoms with Gasteiger partial charge in [0.1, 0.15) is 0 Å². The van der Waals surface area contributed by atoms with Crippen molar-refractivity contribution < 1.29 is 0 Å². The summed E-state index contributed by atoms with van der Waals surface area (Å²) in [7, 11) is 0. The van der Waals surface area contributed by atoms with Gasteiger partial charge in [-0.1, -0.05) is 60.1 Å². The third kappa shape index (κ3) is 5.21. The minimum atomic E-state index is 0.640. The Morgan fingerprint density at radius 3 is 1.53 bits per heavy atom. The molecule has 0 unspecified atom stereocenters. The molecule has 0 bridgehead atoms. The van der Waals surface area contributed by atoms with E-state index in [1.54, 1.807) is 0 Å². The van der Waals surface area contributed by atoms with Crippen LogP contribution in [0.3, 0.4) is 0 Å². The topological polar surface area (TPSA) is 26.0 Å². The Hall–Kier alpha value is -1.31. The zero-order chi connectivity index (χ0) is 10.9. The highest BCUT2D eigenvalue weighted by Crippen LogP contribution is 2.03. The molecule has 0 amide bonds. The van der Waals surface area contributed by atoms with Crippen LogP contribution >= 0.6 is 11.6 Å². The maximum atomic E-state index is 5.54. The van der Waals surface area contributed by atoms with Gasteiger partial charge in [-0.25, -0.2) is 0 Å². The van der Waals surface area contributed by atoms with Gasteiger partial charge in [0.15, 0.2) is 0 Å². The molecule has 0 aromatic heterocycles. The maximum absolute atomic E-state index is 5.54. The molecule has 0 fully saturated rings. The summed E-state index contributed by atoms with van der Waals surface area (Å²) < 4.78 is 0. The number of benzene rings is 2. The summed E-state index contributed by atoms with van der Waals surface area (Å²) in [5.74, 6) is 0. The van der Waals surface area contributed by atoms with E-state index in [1.165, 1.54) is 5.56 Å². The van der Waals surface area contributed by atoms with Gasteiger partial charge in [-0.2, -0.15) is 0 Å². The summed E-state index contributed by atoms with van der Waals surface area (Å²) in [5.41, 5.74) is 6.54. The van der Waals surface area contributed by atoms with Crippen LogP contribution in [0.2, 0.25) is 5.02 Å². The summed E-state index contributed by atoms with van der Waals surface area (Å²) in [5, 5.41) is 0.794. The van der Waals surface area contributed by atoms with Crippen LogP contribution < -0.4 is 5.73 Å². The highest BCUT2D eigenvalue weighted by atomic mass is 35.5. The Kier molecular flexibility index (Phi) is 5.52. The van der Waals surface area contributed by atoms with E-state index in [0.29, 0.717) is 6.54 Å². The highest BCUT2D eigenvalue weighted by molar-refractivity contribution is 6.30. The number of halogens is 1. The van der Waals surface area contributed by atoms with Crippen LogP contribution in [-0.4, -0.2) is 0 Å². The molecule has 2 aromatic rings. The van der Waals surface area contributed by atoms with Gasteiger partial charge < -0.3 is 5.73 Å². The first-order valence-corrected chi connectivity index (χ1v) is 5.15. The van der Waals surface area contributed by atoms with E-state index < -0.39 is 0 Å². The Bertz CT molecular complexity index is 359. The first kappa shape index (κ1) is 11.8. The van der Waals surface area contributed by atoms with Crippen LogP contribution in [0.25, 0.3) is 0 Å². The number of hydrogen-bond donors (Lipinski definition) is 1. The Labute approximate surface area is 95.5 Å². The predicted octanol–water partition coefficient (Wildman–Crippen LogP) is 3.49. The van der Waals surface area contributed by atoms with Crippen LogP contribution in [0.4, 0.5) is 0 Å². The molecular weight excluding hydrogens is 206 g/mol. The van der Waals surface area contributed by atoms with Crippen molar-refractivity contribution in [3.8, 4) is 0 Å². The second kappa shape index (κ2) is 7.04. The van der Waals surface area contributed by atoms with Gasteiger partial charge in [-0.3, -0.25) is 0 Å². The van der Waals surface area contributed by atoms with Gasteiger partial charge in [0.25, 0.3) is 0 Å². The average molecular weight is 220 g/mol. The van der Waals surface area contributed by atoms with Gasteiger partial charge in [-0.05, 0) is 17.7 Å². The zero-order valence-corrected chi connectivity index (χ0v) is 9.19. The third-order valence-corrected chi connectivity index (χ3v) is 2.06. The summed E-state index contributed by atoms with van der Waals surface area (Å²) in [6, 6.07) is 19.4. The zero-order valence-electron chi connectivity index (χ0n) is 8.44. The van der Waals surface area contributed by atoms with Crippen molar-refractivity contribution in [2.24, 2.45) is 5.73 Å². The van der Waals surface area contributed by atoms with Crippen molar-refractivity contribution in [2.75, 3.05) is 0 Å². The molecule has 0 atom stereocenters. The summed E-state index contributed by atoms with van der Waals surface area (Å²) in [6.45, 7) is 0.640. The van der Waals surface area contributed by atoms with E-state index in [0.717, 1.165) is 5.02 Å². The number of nitrogens with two attached hydrogens (primary N) is 1. The molecule has 2 aromatic carbocycles. The SMILES string of the molecule is Clc1ccccc1.NCc1ccccc1. The van der Waals surface area contributed by atoms with Crippen molar-refractivity contribution in [2.45, 2.75) is 6.54 Å². The van der Waals surface area contributed by atoms with Gasteiger partial charge in [-0.15, -0.1) is 0 Å².